The molecule has 0 spiro atoms. The predicted octanol–water partition coefficient (Wildman–Crippen LogP) is 2.20. The van der Waals surface area contributed by atoms with Gasteiger partial charge in [0.05, 0.1) is 0 Å². The maximum absolute atomic E-state index is 3.59. The smallest absolute Gasteiger partial charge is 0.0194 e. The van der Waals surface area contributed by atoms with Crippen LogP contribution < -0.4 is 5.32 Å². The molecule has 16 heavy (non-hydrogen) atoms. The molecule has 2 aliphatic rings. The van der Waals surface area contributed by atoms with Crippen LogP contribution in [0.1, 0.15) is 33.1 Å². The van der Waals surface area contributed by atoms with E-state index in [1.165, 1.54) is 37.3 Å². The first-order valence-electron chi connectivity index (χ1n) is 6.71. The minimum Gasteiger partial charge on any atom is -0.314 e. The fourth-order valence-electron chi connectivity index (χ4n) is 2.83. The Balaban J connectivity index is 1.76. The zero-order valence-electron chi connectivity index (χ0n) is 10.9. The van der Waals surface area contributed by atoms with Crippen molar-refractivity contribution in [1.29, 1.82) is 0 Å². The Morgan fingerprint density at radius 3 is 2.62 bits per heavy atom. The van der Waals surface area contributed by atoms with E-state index in [0.717, 1.165) is 18.0 Å². The average molecular weight is 242 g/mol. The highest BCUT2D eigenvalue weighted by Crippen LogP contribution is 2.34. The molecule has 2 fully saturated rings. The third-order valence-corrected chi connectivity index (χ3v) is 5.32. The van der Waals surface area contributed by atoms with E-state index in [1.54, 1.807) is 0 Å². The van der Waals surface area contributed by atoms with E-state index in [9.17, 15) is 0 Å². The number of thioether (sulfide) groups is 1. The molecule has 1 saturated carbocycles. The second-order valence-corrected chi connectivity index (χ2v) is 6.80. The minimum absolute atomic E-state index is 0.633. The molecule has 3 atom stereocenters. The molecular formula is C13H26N2S. The summed E-state index contributed by atoms with van der Waals surface area (Å²) < 4.78 is 0. The first-order chi connectivity index (χ1) is 7.68. The summed E-state index contributed by atoms with van der Waals surface area (Å²) in [5.41, 5.74) is 0. The lowest BCUT2D eigenvalue weighted by Gasteiger charge is -2.45. The largest absolute Gasteiger partial charge is 0.314 e. The zero-order chi connectivity index (χ0) is 11.5. The van der Waals surface area contributed by atoms with E-state index in [2.05, 4.69) is 42.9 Å². The molecule has 0 amide bonds. The first kappa shape index (κ1) is 12.7. The third kappa shape index (κ3) is 2.93. The second kappa shape index (κ2) is 5.74. The van der Waals surface area contributed by atoms with E-state index in [4.69, 9.17) is 0 Å². The molecular weight excluding hydrogens is 216 g/mol. The van der Waals surface area contributed by atoms with Gasteiger partial charge in [-0.15, -0.1) is 0 Å². The third-order valence-electron chi connectivity index (χ3n) is 4.17. The number of rotatable bonds is 5. The van der Waals surface area contributed by atoms with Crippen LogP contribution in [-0.2, 0) is 0 Å². The van der Waals surface area contributed by atoms with Gasteiger partial charge in [0.1, 0.15) is 0 Å². The highest BCUT2D eigenvalue weighted by molar-refractivity contribution is 7.99. The maximum atomic E-state index is 3.59. The molecule has 1 saturated heterocycles. The SMILES string of the molecule is CC(C)NCC1CCC1N(C)C1CCSC1. The van der Waals surface area contributed by atoms with Gasteiger partial charge in [0.2, 0.25) is 0 Å². The summed E-state index contributed by atoms with van der Waals surface area (Å²) in [6.07, 6.45) is 4.25. The van der Waals surface area contributed by atoms with Crippen LogP contribution in [0.5, 0.6) is 0 Å². The van der Waals surface area contributed by atoms with Crippen LogP contribution in [0.4, 0.5) is 0 Å². The van der Waals surface area contributed by atoms with Crippen molar-refractivity contribution in [3.05, 3.63) is 0 Å². The molecule has 0 aromatic rings. The van der Waals surface area contributed by atoms with Gasteiger partial charge >= 0.3 is 0 Å². The van der Waals surface area contributed by atoms with Gasteiger partial charge in [-0.25, -0.2) is 0 Å². The maximum Gasteiger partial charge on any atom is 0.0194 e. The highest BCUT2D eigenvalue weighted by atomic mass is 32.2. The summed E-state index contributed by atoms with van der Waals surface area (Å²) in [4.78, 5) is 2.68. The number of hydrogen-bond donors (Lipinski definition) is 1. The Labute approximate surface area is 105 Å². The van der Waals surface area contributed by atoms with Gasteiger partial charge in [0.15, 0.2) is 0 Å². The van der Waals surface area contributed by atoms with Gasteiger partial charge < -0.3 is 5.32 Å². The summed E-state index contributed by atoms with van der Waals surface area (Å²) in [5.74, 6) is 3.63. The van der Waals surface area contributed by atoms with Crippen molar-refractivity contribution in [3.8, 4) is 0 Å². The van der Waals surface area contributed by atoms with Gasteiger partial charge in [0, 0.05) is 23.9 Å². The number of nitrogens with zero attached hydrogens (tertiary/aromatic N) is 1. The lowest BCUT2D eigenvalue weighted by atomic mass is 9.78. The first-order valence-corrected chi connectivity index (χ1v) is 7.87. The molecule has 1 N–H and O–H groups in total. The molecule has 0 aromatic carbocycles. The van der Waals surface area contributed by atoms with Crippen LogP contribution in [0.2, 0.25) is 0 Å². The van der Waals surface area contributed by atoms with E-state index in [1.807, 2.05) is 0 Å². The lowest BCUT2D eigenvalue weighted by Crippen LogP contribution is -2.53. The van der Waals surface area contributed by atoms with E-state index >= 15 is 0 Å². The van der Waals surface area contributed by atoms with Gasteiger partial charge in [-0.3, -0.25) is 4.90 Å². The van der Waals surface area contributed by atoms with Crippen LogP contribution >= 0.6 is 11.8 Å². The van der Waals surface area contributed by atoms with E-state index < -0.39 is 0 Å². The Hall–Kier alpha value is 0.270. The molecule has 0 aromatic heterocycles. The van der Waals surface area contributed by atoms with Crippen molar-refractivity contribution in [1.82, 2.24) is 10.2 Å². The summed E-state index contributed by atoms with van der Waals surface area (Å²) >= 11 is 2.12. The van der Waals surface area contributed by atoms with E-state index in [0.29, 0.717) is 6.04 Å². The molecule has 3 heteroatoms. The van der Waals surface area contributed by atoms with Crippen molar-refractivity contribution < 1.29 is 0 Å². The Bertz CT molecular complexity index is 214. The molecule has 2 rings (SSSR count). The van der Waals surface area contributed by atoms with Crippen molar-refractivity contribution in [2.45, 2.75) is 51.2 Å². The fraction of sp³-hybridized carbons (Fsp3) is 1.00. The second-order valence-electron chi connectivity index (χ2n) is 5.65. The van der Waals surface area contributed by atoms with Crippen molar-refractivity contribution in [2.75, 3.05) is 25.1 Å². The van der Waals surface area contributed by atoms with Gasteiger partial charge in [-0.05, 0) is 44.5 Å². The van der Waals surface area contributed by atoms with Gasteiger partial charge in [-0.1, -0.05) is 13.8 Å². The van der Waals surface area contributed by atoms with Crippen molar-refractivity contribution in [2.24, 2.45) is 5.92 Å². The number of nitrogens with one attached hydrogen (secondary N) is 1. The monoisotopic (exact) mass is 242 g/mol. The summed E-state index contributed by atoms with van der Waals surface area (Å²) in [6, 6.07) is 2.35. The molecule has 3 unspecified atom stereocenters. The zero-order valence-corrected chi connectivity index (χ0v) is 11.7. The van der Waals surface area contributed by atoms with Crippen LogP contribution in [0, 0.1) is 5.92 Å². The van der Waals surface area contributed by atoms with Crippen molar-refractivity contribution in [3.63, 3.8) is 0 Å². The topological polar surface area (TPSA) is 15.3 Å². The molecule has 0 radical (unpaired) electrons. The fourth-order valence-corrected chi connectivity index (χ4v) is 4.11. The average Bonchev–Trinajstić information content (AvgIpc) is 2.68. The van der Waals surface area contributed by atoms with Crippen LogP contribution in [0.25, 0.3) is 0 Å². The summed E-state index contributed by atoms with van der Waals surface area (Å²) in [5, 5.41) is 3.59. The molecule has 0 bridgehead atoms. The van der Waals surface area contributed by atoms with Crippen LogP contribution in [0.3, 0.4) is 0 Å². The normalized spacial score (nSPS) is 34.7. The molecule has 1 aliphatic heterocycles. The Morgan fingerprint density at radius 2 is 2.12 bits per heavy atom. The molecule has 1 aliphatic carbocycles. The van der Waals surface area contributed by atoms with Gasteiger partial charge in [0.25, 0.3) is 0 Å². The van der Waals surface area contributed by atoms with E-state index in [-0.39, 0.29) is 0 Å². The molecule has 2 nitrogen and oxygen atoms in total. The van der Waals surface area contributed by atoms with Crippen LogP contribution in [-0.4, -0.2) is 48.1 Å². The van der Waals surface area contributed by atoms with Crippen molar-refractivity contribution >= 4 is 11.8 Å². The number of hydrogen-bond acceptors (Lipinski definition) is 3. The minimum atomic E-state index is 0.633. The molecule has 94 valence electrons. The highest BCUT2D eigenvalue weighted by Gasteiger charge is 2.37. The standard InChI is InChI=1S/C13H26N2S/c1-10(2)14-8-11-4-5-13(11)15(3)12-6-7-16-9-12/h10-14H,4-9H2,1-3H3. The predicted molar refractivity (Wildman–Crippen MR) is 73.1 cm³/mol. The summed E-state index contributed by atoms with van der Waals surface area (Å²) in [6.45, 7) is 5.70. The Morgan fingerprint density at radius 1 is 1.31 bits per heavy atom. The summed E-state index contributed by atoms with van der Waals surface area (Å²) in [7, 11) is 2.35. The molecule has 1 heterocycles. The Kier molecular flexibility index (Phi) is 4.57. The lowest BCUT2D eigenvalue weighted by molar-refractivity contribution is 0.0566. The quantitative estimate of drug-likeness (QED) is 0.796. The van der Waals surface area contributed by atoms with Gasteiger partial charge in [-0.2, -0.15) is 11.8 Å². The van der Waals surface area contributed by atoms with Crippen LogP contribution in [0.15, 0.2) is 0 Å².